The molecule has 0 spiro atoms. The molecule has 0 aliphatic heterocycles. The van der Waals surface area contributed by atoms with Crippen LogP contribution in [0.15, 0.2) is 23.2 Å². The molecule has 1 aromatic heterocycles. The third-order valence-electron chi connectivity index (χ3n) is 2.22. The molecule has 6 nitrogen and oxygen atoms in total. The number of hydrogen-bond acceptors (Lipinski definition) is 5. The van der Waals surface area contributed by atoms with E-state index in [1.165, 1.54) is 12.3 Å². The van der Waals surface area contributed by atoms with Crippen LogP contribution >= 0.6 is 0 Å². The van der Waals surface area contributed by atoms with E-state index < -0.39 is 10.0 Å². The molecule has 0 saturated heterocycles. The maximum Gasteiger partial charge on any atom is 0.242 e. The number of hydrogen-bond donors (Lipinski definition) is 2. The van der Waals surface area contributed by atoms with Crippen LogP contribution in [0.1, 0.15) is 13.3 Å². The Morgan fingerprint density at radius 1 is 1.39 bits per heavy atom. The topological polar surface area (TPSA) is 80.3 Å². The standard InChI is InChI=1S/C11H19N3O3S/c1-3-12-11-6-5-10(9-13-11)18(15,16)14-7-4-8-17-2/h5-6,9,14H,3-4,7-8H2,1-2H3,(H,12,13). The summed E-state index contributed by atoms with van der Waals surface area (Å²) in [5.41, 5.74) is 0. The molecule has 0 saturated carbocycles. The normalized spacial score (nSPS) is 11.4. The lowest BCUT2D eigenvalue weighted by Crippen LogP contribution is -2.25. The van der Waals surface area contributed by atoms with Crippen molar-refractivity contribution in [3.63, 3.8) is 0 Å². The van der Waals surface area contributed by atoms with Gasteiger partial charge in [-0.3, -0.25) is 0 Å². The van der Waals surface area contributed by atoms with Gasteiger partial charge in [0, 0.05) is 33.0 Å². The lowest BCUT2D eigenvalue weighted by atomic mass is 10.4. The first-order valence-electron chi connectivity index (χ1n) is 5.78. The van der Waals surface area contributed by atoms with Crippen LogP contribution in [0.3, 0.4) is 0 Å². The highest BCUT2D eigenvalue weighted by Crippen LogP contribution is 2.10. The number of pyridine rings is 1. The minimum atomic E-state index is -3.47. The molecule has 0 atom stereocenters. The second-order valence-corrected chi connectivity index (χ2v) is 5.42. The molecule has 0 fully saturated rings. The summed E-state index contributed by atoms with van der Waals surface area (Å²) in [6.45, 7) is 3.57. The Balaban J connectivity index is 2.61. The quantitative estimate of drug-likeness (QED) is 0.686. The molecule has 7 heteroatoms. The van der Waals surface area contributed by atoms with E-state index in [0.29, 0.717) is 25.4 Å². The lowest BCUT2D eigenvalue weighted by molar-refractivity contribution is 0.196. The maximum atomic E-state index is 11.9. The first-order valence-corrected chi connectivity index (χ1v) is 7.27. The van der Waals surface area contributed by atoms with Crippen LogP contribution in [-0.4, -0.2) is 40.2 Å². The van der Waals surface area contributed by atoms with Gasteiger partial charge in [0.05, 0.1) is 0 Å². The SMILES string of the molecule is CCNc1ccc(S(=O)(=O)NCCCOC)cn1. The van der Waals surface area contributed by atoms with Crippen molar-refractivity contribution in [1.29, 1.82) is 0 Å². The summed E-state index contributed by atoms with van der Waals surface area (Å²) >= 11 is 0. The van der Waals surface area contributed by atoms with Gasteiger partial charge in [-0.1, -0.05) is 0 Å². The molecule has 1 heterocycles. The number of aromatic nitrogens is 1. The fraction of sp³-hybridized carbons (Fsp3) is 0.545. The average molecular weight is 273 g/mol. The first kappa shape index (κ1) is 14.9. The molecular formula is C11H19N3O3S. The van der Waals surface area contributed by atoms with Crippen molar-refractivity contribution < 1.29 is 13.2 Å². The van der Waals surface area contributed by atoms with Gasteiger partial charge >= 0.3 is 0 Å². The Hall–Kier alpha value is -1.18. The van der Waals surface area contributed by atoms with Gasteiger partial charge in [0.2, 0.25) is 10.0 Å². The molecule has 0 radical (unpaired) electrons. The van der Waals surface area contributed by atoms with Crippen molar-refractivity contribution in [2.45, 2.75) is 18.2 Å². The molecule has 102 valence electrons. The van der Waals surface area contributed by atoms with Crippen molar-refractivity contribution in [1.82, 2.24) is 9.71 Å². The molecule has 0 aliphatic carbocycles. The first-order chi connectivity index (χ1) is 8.60. The third-order valence-corrected chi connectivity index (χ3v) is 3.67. The number of nitrogens with one attached hydrogen (secondary N) is 2. The number of nitrogens with zero attached hydrogens (tertiary/aromatic N) is 1. The van der Waals surface area contributed by atoms with Gasteiger partial charge in [0.25, 0.3) is 0 Å². The molecule has 0 unspecified atom stereocenters. The summed E-state index contributed by atoms with van der Waals surface area (Å²) in [6.07, 6.45) is 1.98. The van der Waals surface area contributed by atoms with Crippen molar-refractivity contribution in [2.24, 2.45) is 0 Å². The molecule has 0 amide bonds. The Morgan fingerprint density at radius 2 is 2.17 bits per heavy atom. The molecule has 2 N–H and O–H groups in total. The predicted octanol–water partition coefficient (Wildman–Crippen LogP) is 0.828. The average Bonchev–Trinajstić information content (AvgIpc) is 2.36. The molecule has 0 bridgehead atoms. The minimum Gasteiger partial charge on any atom is -0.385 e. The smallest absolute Gasteiger partial charge is 0.242 e. The van der Waals surface area contributed by atoms with Gasteiger partial charge in [-0.25, -0.2) is 18.1 Å². The van der Waals surface area contributed by atoms with Crippen LogP contribution in [-0.2, 0) is 14.8 Å². The summed E-state index contributed by atoms with van der Waals surface area (Å²) in [6, 6.07) is 3.18. The number of rotatable bonds is 8. The van der Waals surface area contributed by atoms with Crippen molar-refractivity contribution in [3.05, 3.63) is 18.3 Å². The van der Waals surface area contributed by atoms with Gasteiger partial charge < -0.3 is 10.1 Å². The number of sulfonamides is 1. The van der Waals surface area contributed by atoms with E-state index in [0.717, 1.165) is 6.54 Å². The molecule has 0 aromatic carbocycles. The monoisotopic (exact) mass is 273 g/mol. The summed E-state index contributed by atoms with van der Waals surface area (Å²) < 4.78 is 31.0. The Kier molecular flexibility index (Phi) is 6.03. The van der Waals surface area contributed by atoms with Crippen LogP contribution in [0, 0.1) is 0 Å². The Bertz CT molecular complexity index is 445. The number of ether oxygens (including phenoxy) is 1. The zero-order valence-corrected chi connectivity index (χ0v) is 11.5. The Morgan fingerprint density at radius 3 is 2.72 bits per heavy atom. The highest BCUT2D eigenvalue weighted by molar-refractivity contribution is 7.89. The van der Waals surface area contributed by atoms with Crippen LogP contribution in [0.5, 0.6) is 0 Å². The van der Waals surface area contributed by atoms with E-state index in [-0.39, 0.29) is 4.90 Å². The molecule has 1 aromatic rings. The zero-order valence-electron chi connectivity index (χ0n) is 10.6. The van der Waals surface area contributed by atoms with Crippen molar-refractivity contribution in [2.75, 3.05) is 32.1 Å². The van der Waals surface area contributed by atoms with E-state index in [4.69, 9.17) is 4.74 Å². The van der Waals surface area contributed by atoms with Gasteiger partial charge in [-0.15, -0.1) is 0 Å². The highest BCUT2D eigenvalue weighted by Gasteiger charge is 2.13. The molecular weight excluding hydrogens is 254 g/mol. The van der Waals surface area contributed by atoms with Crippen molar-refractivity contribution >= 4 is 15.8 Å². The van der Waals surface area contributed by atoms with Crippen LogP contribution in [0.25, 0.3) is 0 Å². The number of anilines is 1. The van der Waals surface area contributed by atoms with Crippen LogP contribution in [0.4, 0.5) is 5.82 Å². The van der Waals surface area contributed by atoms with Gasteiger partial charge in [-0.05, 0) is 25.5 Å². The predicted molar refractivity (Wildman–Crippen MR) is 70.1 cm³/mol. The van der Waals surface area contributed by atoms with Crippen molar-refractivity contribution in [3.8, 4) is 0 Å². The highest BCUT2D eigenvalue weighted by atomic mass is 32.2. The lowest BCUT2D eigenvalue weighted by Gasteiger charge is -2.07. The van der Waals surface area contributed by atoms with Gasteiger partial charge in [-0.2, -0.15) is 0 Å². The summed E-state index contributed by atoms with van der Waals surface area (Å²) in [7, 11) is -1.89. The van der Waals surface area contributed by atoms with Crippen LogP contribution in [0.2, 0.25) is 0 Å². The molecule has 18 heavy (non-hydrogen) atoms. The summed E-state index contributed by atoms with van der Waals surface area (Å²) in [4.78, 5) is 4.19. The maximum absolute atomic E-state index is 11.9. The second kappa shape index (κ2) is 7.30. The summed E-state index contributed by atoms with van der Waals surface area (Å²) in [5.74, 6) is 0.663. The minimum absolute atomic E-state index is 0.168. The van der Waals surface area contributed by atoms with E-state index in [1.807, 2.05) is 6.92 Å². The fourth-order valence-corrected chi connectivity index (χ4v) is 2.35. The summed E-state index contributed by atoms with van der Waals surface area (Å²) in [5, 5.41) is 3.00. The number of methoxy groups -OCH3 is 1. The zero-order chi connectivity index (χ0) is 13.4. The van der Waals surface area contributed by atoms with Gasteiger partial charge in [0.1, 0.15) is 10.7 Å². The molecule has 0 aliphatic rings. The fourth-order valence-electron chi connectivity index (χ4n) is 1.33. The van der Waals surface area contributed by atoms with E-state index in [9.17, 15) is 8.42 Å². The third kappa shape index (κ3) is 4.59. The van der Waals surface area contributed by atoms with Gasteiger partial charge in [0.15, 0.2) is 0 Å². The largest absolute Gasteiger partial charge is 0.385 e. The second-order valence-electron chi connectivity index (χ2n) is 3.65. The molecule has 1 rings (SSSR count). The van der Waals surface area contributed by atoms with Crippen LogP contribution < -0.4 is 10.0 Å². The van der Waals surface area contributed by atoms with E-state index in [1.54, 1.807) is 13.2 Å². The van der Waals surface area contributed by atoms with E-state index >= 15 is 0 Å². The van der Waals surface area contributed by atoms with E-state index in [2.05, 4.69) is 15.0 Å². The Labute approximate surface area is 108 Å².